The molecule has 0 aliphatic rings. The fourth-order valence-electron chi connectivity index (χ4n) is 1.79. The van der Waals surface area contributed by atoms with Gasteiger partial charge in [-0.1, -0.05) is 0 Å². The Morgan fingerprint density at radius 2 is 2.06 bits per heavy atom. The molecule has 1 aromatic heterocycles. The van der Waals surface area contributed by atoms with Gasteiger partial charge in [-0.15, -0.1) is 0 Å². The normalized spacial score (nSPS) is 9.69. The summed E-state index contributed by atoms with van der Waals surface area (Å²) in [5, 5.41) is 18.4. The quantitative estimate of drug-likeness (QED) is 0.671. The number of carbonyl (C=O) groups excluding carboxylic acids is 1. The molecule has 0 bridgehead atoms. The van der Waals surface area contributed by atoms with Crippen molar-refractivity contribution in [3.05, 3.63) is 35.0 Å². The van der Waals surface area contributed by atoms with E-state index in [0.29, 0.717) is 22.1 Å². The van der Waals surface area contributed by atoms with Crippen LogP contribution in [0.4, 0.5) is 0 Å². The molecule has 0 N–H and O–H groups in total. The van der Waals surface area contributed by atoms with Gasteiger partial charge in [0.25, 0.3) is 0 Å². The van der Waals surface area contributed by atoms with Gasteiger partial charge >= 0.3 is 0 Å². The van der Waals surface area contributed by atoms with Gasteiger partial charge in [0.15, 0.2) is 6.29 Å². The van der Waals surface area contributed by atoms with Crippen LogP contribution in [0.25, 0.3) is 10.9 Å². The molecule has 1 aromatic carbocycles. The first-order chi connectivity index (χ1) is 7.71. The van der Waals surface area contributed by atoms with E-state index >= 15 is 0 Å². The van der Waals surface area contributed by atoms with Crippen molar-refractivity contribution in [1.82, 2.24) is 4.57 Å². The Morgan fingerprint density at radius 1 is 1.31 bits per heavy atom. The minimum Gasteiger partial charge on any atom is -0.350 e. The van der Waals surface area contributed by atoms with Crippen LogP contribution in [-0.2, 0) is 7.05 Å². The topological polar surface area (TPSA) is 69.6 Å². The zero-order valence-electron chi connectivity index (χ0n) is 8.56. The predicted octanol–water partition coefficient (Wildman–Crippen LogP) is 1.73. The van der Waals surface area contributed by atoms with Gasteiger partial charge in [-0.25, -0.2) is 0 Å². The van der Waals surface area contributed by atoms with Crippen LogP contribution >= 0.6 is 0 Å². The highest BCUT2D eigenvalue weighted by Gasteiger charge is 2.12. The number of aromatic nitrogens is 1. The van der Waals surface area contributed by atoms with Crippen molar-refractivity contribution in [2.24, 2.45) is 7.05 Å². The minimum atomic E-state index is 0.358. The zero-order valence-corrected chi connectivity index (χ0v) is 8.56. The van der Waals surface area contributed by atoms with E-state index in [1.54, 1.807) is 23.9 Å². The van der Waals surface area contributed by atoms with Crippen LogP contribution in [0.3, 0.4) is 0 Å². The minimum absolute atomic E-state index is 0.358. The lowest BCUT2D eigenvalue weighted by Gasteiger charge is -1.98. The van der Waals surface area contributed by atoms with E-state index in [1.165, 1.54) is 6.07 Å². The Kier molecular flexibility index (Phi) is 2.19. The second-order valence-corrected chi connectivity index (χ2v) is 3.45. The predicted molar refractivity (Wildman–Crippen MR) is 57.7 cm³/mol. The third-order valence-electron chi connectivity index (χ3n) is 2.50. The van der Waals surface area contributed by atoms with Crippen molar-refractivity contribution in [2.45, 2.75) is 0 Å². The van der Waals surface area contributed by atoms with Crippen LogP contribution in [-0.4, -0.2) is 10.9 Å². The van der Waals surface area contributed by atoms with Crippen molar-refractivity contribution in [3.8, 4) is 12.1 Å². The largest absolute Gasteiger partial charge is 0.350 e. The van der Waals surface area contributed by atoms with Crippen molar-refractivity contribution in [2.75, 3.05) is 0 Å². The molecule has 0 radical (unpaired) electrons. The third-order valence-corrected chi connectivity index (χ3v) is 2.50. The van der Waals surface area contributed by atoms with Gasteiger partial charge in [0.2, 0.25) is 0 Å². The average molecular weight is 209 g/mol. The monoisotopic (exact) mass is 209 g/mol. The lowest BCUT2D eigenvalue weighted by Crippen LogP contribution is -1.87. The van der Waals surface area contributed by atoms with Gasteiger partial charge in [0, 0.05) is 24.2 Å². The van der Waals surface area contributed by atoms with E-state index < -0.39 is 0 Å². The maximum Gasteiger partial charge on any atom is 0.152 e. The first-order valence-corrected chi connectivity index (χ1v) is 4.59. The van der Waals surface area contributed by atoms with Crippen LogP contribution in [0.5, 0.6) is 0 Å². The Balaban J connectivity index is 3.00. The molecule has 2 rings (SSSR count). The van der Waals surface area contributed by atoms with Crippen LogP contribution < -0.4 is 0 Å². The standard InChI is InChI=1S/C12H7N3O/c1-15-6-10(7-16)12-9(5-14)2-8(4-13)3-11(12)15/h2-3,6-7H,1H3. The maximum absolute atomic E-state index is 10.9. The summed E-state index contributed by atoms with van der Waals surface area (Å²) >= 11 is 0. The molecule has 0 saturated heterocycles. The molecule has 0 atom stereocenters. The molecule has 0 amide bonds. The van der Waals surface area contributed by atoms with Crippen molar-refractivity contribution >= 4 is 17.2 Å². The molecule has 1 heterocycles. The van der Waals surface area contributed by atoms with E-state index in [-0.39, 0.29) is 0 Å². The summed E-state index contributed by atoms with van der Waals surface area (Å²) in [6.07, 6.45) is 2.37. The van der Waals surface area contributed by atoms with Crippen molar-refractivity contribution < 1.29 is 4.79 Å². The molecular weight excluding hydrogens is 202 g/mol. The molecule has 0 fully saturated rings. The van der Waals surface area contributed by atoms with Crippen LogP contribution in [0.2, 0.25) is 0 Å². The van der Waals surface area contributed by atoms with Gasteiger partial charge in [0.05, 0.1) is 28.8 Å². The van der Waals surface area contributed by atoms with E-state index in [0.717, 1.165) is 11.8 Å². The summed E-state index contributed by atoms with van der Waals surface area (Å²) in [6.45, 7) is 0. The Bertz CT molecular complexity index is 668. The van der Waals surface area contributed by atoms with E-state index in [4.69, 9.17) is 10.5 Å². The molecule has 0 spiro atoms. The first kappa shape index (κ1) is 9.95. The Hall–Kier alpha value is -2.59. The van der Waals surface area contributed by atoms with Gasteiger partial charge in [-0.05, 0) is 12.1 Å². The summed E-state index contributed by atoms with van der Waals surface area (Å²) in [7, 11) is 1.78. The fourth-order valence-corrected chi connectivity index (χ4v) is 1.79. The Labute approximate surface area is 91.9 Å². The number of carbonyl (C=O) groups is 1. The summed E-state index contributed by atoms with van der Waals surface area (Å²) < 4.78 is 1.74. The van der Waals surface area contributed by atoms with Crippen LogP contribution in [0.15, 0.2) is 18.3 Å². The van der Waals surface area contributed by atoms with Crippen molar-refractivity contribution in [1.29, 1.82) is 10.5 Å². The number of hydrogen-bond donors (Lipinski definition) is 0. The number of aryl methyl sites for hydroxylation is 1. The van der Waals surface area contributed by atoms with Crippen LogP contribution in [0, 0.1) is 22.7 Å². The lowest BCUT2D eigenvalue weighted by molar-refractivity contribution is 0.112. The molecule has 0 aliphatic carbocycles. The molecule has 0 aliphatic heterocycles. The van der Waals surface area contributed by atoms with E-state index in [1.807, 2.05) is 12.1 Å². The SMILES string of the molecule is Cn1cc(C=O)c2c(C#N)cc(C#N)cc21. The summed E-state index contributed by atoms with van der Waals surface area (Å²) in [4.78, 5) is 10.9. The second-order valence-electron chi connectivity index (χ2n) is 3.45. The third kappa shape index (κ3) is 1.25. The molecule has 0 unspecified atom stereocenters. The zero-order chi connectivity index (χ0) is 11.7. The molecule has 76 valence electrons. The highest BCUT2D eigenvalue weighted by molar-refractivity contribution is 6.01. The summed E-state index contributed by atoms with van der Waals surface area (Å²) in [5.74, 6) is 0. The molecule has 0 saturated carbocycles. The van der Waals surface area contributed by atoms with Gasteiger partial charge in [-0.3, -0.25) is 4.79 Å². The Morgan fingerprint density at radius 3 is 2.62 bits per heavy atom. The number of rotatable bonds is 1. The number of benzene rings is 1. The molecule has 4 nitrogen and oxygen atoms in total. The molecule has 16 heavy (non-hydrogen) atoms. The second kappa shape index (κ2) is 3.52. The molecular formula is C12H7N3O. The maximum atomic E-state index is 10.9. The van der Waals surface area contributed by atoms with E-state index in [9.17, 15) is 4.79 Å². The summed E-state index contributed by atoms with van der Waals surface area (Å²) in [5.41, 5.74) is 1.97. The number of nitrogens with zero attached hydrogens (tertiary/aromatic N) is 3. The highest BCUT2D eigenvalue weighted by Crippen LogP contribution is 2.24. The van der Waals surface area contributed by atoms with E-state index in [2.05, 4.69) is 0 Å². The van der Waals surface area contributed by atoms with Crippen molar-refractivity contribution in [3.63, 3.8) is 0 Å². The number of fused-ring (bicyclic) bond motifs is 1. The fraction of sp³-hybridized carbons (Fsp3) is 0.0833. The highest BCUT2D eigenvalue weighted by atomic mass is 16.1. The lowest BCUT2D eigenvalue weighted by atomic mass is 10.0. The number of nitriles is 2. The number of hydrogen-bond acceptors (Lipinski definition) is 3. The molecule has 4 heteroatoms. The first-order valence-electron chi connectivity index (χ1n) is 4.59. The average Bonchev–Trinajstić information content (AvgIpc) is 2.65. The smallest absolute Gasteiger partial charge is 0.152 e. The van der Waals surface area contributed by atoms with Gasteiger partial charge < -0.3 is 4.57 Å². The molecule has 2 aromatic rings. The van der Waals surface area contributed by atoms with Gasteiger partial charge in [0.1, 0.15) is 0 Å². The van der Waals surface area contributed by atoms with Crippen LogP contribution in [0.1, 0.15) is 21.5 Å². The summed E-state index contributed by atoms with van der Waals surface area (Å²) in [6, 6.07) is 7.17. The number of aldehydes is 1. The van der Waals surface area contributed by atoms with Gasteiger partial charge in [-0.2, -0.15) is 10.5 Å².